The topological polar surface area (TPSA) is 68.2 Å². The van der Waals surface area contributed by atoms with E-state index in [1.165, 1.54) is 5.69 Å². The lowest BCUT2D eigenvalue weighted by molar-refractivity contribution is -0.120. The fourth-order valence-corrected chi connectivity index (χ4v) is 3.27. The van der Waals surface area contributed by atoms with Gasteiger partial charge < -0.3 is 15.4 Å². The van der Waals surface area contributed by atoms with Crippen LogP contribution in [0, 0.1) is 0 Å². The molecule has 7 heteroatoms. The van der Waals surface area contributed by atoms with Gasteiger partial charge in [-0.05, 0) is 37.5 Å². The maximum Gasteiger partial charge on any atom is 0.239 e. The number of nitrogens with one attached hydrogen (secondary N) is 2. The fraction of sp³-hybridized carbons (Fsp3) is 0.412. The molecule has 1 aromatic heterocycles. The Hall–Kier alpha value is -2.21. The average Bonchev–Trinajstić information content (AvgIpc) is 2.96. The van der Waals surface area contributed by atoms with Crippen molar-refractivity contribution in [2.45, 2.75) is 25.3 Å². The first-order chi connectivity index (χ1) is 11.6. The van der Waals surface area contributed by atoms with Crippen molar-refractivity contribution in [1.82, 2.24) is 15.1 Å². The molecular formula is C17H21ClN4O2. The Morgan fingerprint density at radius 2 is 2.33 bits per heavy atom. The van der Waals surface area contributed by atoms with Crippen molar-refractivity contribution in [3.05, 3.63) is 40.7 Å². The summed E-state index contributed by atoms with van der Waals surface area (Å²) in [5.74, 6) is 0.582. The molecule has 0 saturated heterocycles. The molecule has 1 aliphatic carbocycles. The van der Waals surface area contributed by atoms with E-state index in [1.807, 2.05) is 17.9 Å². The van der Waals surface area contributed by atoms with Crippen LogP contribution in [-0.4, -0.2) is 29.3 Å². The number of anilines is 1. The summed E-state index contributed by atoms with van der Waals surface area (Å²) < 4.78 is 7.16. The van der Waals surface area contributed by atoms with Gasteiger partial charge in [-0.25, -0.2) is 0 Å². The predicted molar refractivity (Wildman–Crippen MR) is 93.5 cm³/mol. The van der Waals surface area contributed by atoms with E-state index >= 15 is 0 Å². The third-order valence-electron chi connectivity index (χ3n) is 4.31. The molecule has 1 aromatic carbocycles. The first kappa shape index (κ1) is 16.6. The minimum atomic E-state index is -0.0706. The first-order valence-electron chi connectivity index (χ1n) is 7.96. The van der Waals surface area contributed by atoms with Crippen molar-refractivity contribution in [3.63, 3.8) is 0 Å². The van der Waals surface area contributed by atoms with Crippen molar-refractivity contribution in [1.29, 1.82) is 0 Å². The van der Waals surface area contributed by atoms with Gasteiger partial charge >= 0.3 is 0 Å². The van der Waals surface area contributed by atoms with Gasteiger partial charge in [0.05, 0.1) is 31.6 Å². The lowest BCUT2D eigenvalue weighted by Gasteiger charge is -2.24. The molecular weight excluding hydrogens is 328 g/mol. The molecule has 0 aliphatic heterocycles. The van der Waals surface area contributed by atoms with E-state index in [9.17, 15) is 4.79 Å². The number of halogens is 1. The number of aryl methyl sites for hydroxylation is 1. The van der Waals surface area contributed by atoms with Crippen LogP contribution in [0.5, 0.6) is 5.75 Å². The molecule has 0 unspecified atom stereocenters. The quantitative estimate of drug-likeness (QED) is 0.871. The molecule has 1 amide bonds. The van der Waals surface area contributed by atoms with Crippen LogP contribution in [-0.2, 0) is 18.3 Å². The third-order valence-corrected chi connectivity index (χ3v) is 4.55. The maximum absolute atomic E-state index is 12.3. The molecule has 24 heavy (non-hydrogen) atoms. The Balaban J connectivity index is 1.62. The normalized spacial score (nSPS) is 16.4. The molecule has 128 valence electrons. The highest BCUT2D eigenvalue weighted by Crippen LogP contribution is 2.29. The average molecular weight is 349 g/mol. The number of carbonyl (C=O) groups is 1. The van der Waals surface area contributed by atoms with E-state index < -0.39 is 0 Å². The molecule has 0 fully saturated rings. The van der Waals surface area contributed by atoms with Crippen LogP contribution in [0.1, 0.15) is 30.1 Å². The Morgan fingerprint density at radius 1 is 1.50 bits per heavy atom. The summed E-state index contributed by atoms with van der Waals surface area (Å²) >= 11 is 6.00. The number of hydrogen-bond acceptors (Lipinski definition) is 4. The molecule has 3 rings (SSSR count). The number of amides is 1. The van der Waals surface area contributed by atoms with Crippen molar-refractivity contribution in [2.75, 3.05) is 19.0 Å². The SMILES string of the molecule is COc1ccc(Cl)cc1NCC(=O)N[C@@H]1CCCc2c1cnn2C. The Bertz CT molecular complexity index is 744. The van der Waals surface area contributed by atoms with Crippen LogP contribution < -0.4 is 15.4 Å². The summed E-state index contributed by atoms with van der Waals surface area (Å²) in [5, 5.41) is 11.1. The van der Waals surface area contributed by atoms with Gasteiger partial charge in [0.1, 0.15) is 5.75 Å². The van der Waals surface area contributed by atoms with E-state index in [2.05, 4.69) is 15.7 Å². The molecule has 0 spiro atoms. The Kier molecular flexibility index (Phi) is 4.94. The highest BCUT2D eigenvalue weighted by Gasteiger charge is 2.24. The summed E-state index contributed by atoms with van der Waals surface area (Å²) in [6.07, 6.45) is 4.85. The number of ether oxygens (including phenoxy) is 1. The lowest BCUT2D eigenvalue weighted by atomic mass is 9.93. The number of hydrogen-bond donors (Lipinski definition) is 2. The van der Waals surface area contributed by atoms with Crippen molar-refractivity contribution in [2.24, 2.45) is 7.05 Å². The highest BCUT2D eigenvalue weighted by molar-refractivity contribution is 6.30. The van der Waals surface area contributed by atoms with Gasteiger partial charge in [-0.1, -0.05) is 11.6 Å². The number of aromatic nitrogens is 2. The predicted octanol–water partition coefficient (Wildman–Crippen LogP) is 2.69. The minimum absolute atomic E-state index is 0.0259. The van der Waals surface area contributed by atoms with Gasteiger partial charge in [0.2, 0.25) is 5.91 Å². The van der Waals surface area contributed by atoms with Crippen LogP contribution in [0.3, 0.4) is 0 Å². The Labute approximate surface area is 146 Å². The number of carbonyl (C=O) groups excluding carboxylic acids is 1. The van der Waals surface area contributed by atoms with Crippen molar-refractivity contribution < 1.29 is 9.53 Å². The molecule has 2 N–H and O–H groups in total. The summed E-state index contributed by atoms with van der Waals surface area (Å²) in [7, 11) is 3.52. The number of methoxy groups -OCH3 is 1. The molecule has 0 radical (unpaired) electrons. The molecule has 1 atom stereocenters. The van der Waals surface area contributed by atoms with E-state index in [-0.39, 0.29) is 18.5 Å². The van der Waals surface area contributed by atoms with Crippen LogP contribution in [0.15, 0.2) is 24.4 Å². The number of benzene rings is 1. The van der Waals surface area contributed by atoms with Crippen LogP contribution >= 0.6 is 11.6 Å². The number of rotatable bonds is 5. The molecule has 2 aromatic rings. The van der Waals surface area contributed by atoms with Gasteiger partial charge in [0, 0.05) is 23.3 Å². The van der Waals surface area contributed by atoms with E-state index in [0.29, 0.717) is 16.5 Å². The molecule has 0 bridgehead atoms. The maximum atomic E-state index is 12.3. The van der Waals surface area contributed by atoms with Gasteiger partial charge in [-0.15, -0.1) is 0 Å². The zero-order valence-electron chi connectivity index (χ0n) is 13.8. The summed E-state index contributed by atoms with van der Waals surface area (Å²) in [4.78, 5) is 12.3. The van der Waals surface area contributed by atoms with Crippen molar-refractivity contribution >= 4 is 23.2 Å². The van der Waals surface area contributed by atoms with Crippen molar-refractivity contribution in [3.8, 4) is 5.75 Å². The second kappa shape index (κ2) is 7.13. The molecule has 0 saturated carbocycles. The third kappa shape index (κ3) is 3.48. The zero-order valence-corrected chi connectivity index (χ0v) is 14.6. The van der Waals surface area contributed by atoms with Crippen LogP contribution in [0.4, 0.5) is 5.69 Å². The highest BCUT2D eigenvalue weighted by atomic mass is 35.5. The van der Waals surface area contributed by atoms with Gasteiger partial charge in [-0.3, -0.25) is 9.48 Å². The molecule has 1 heterocycles. The largest absolute Gasteiger partial charge is 0.495 e. The van der Waals surface area contributed by atoms with Gasteiger partial charge in [-0.2, -0.15) is 5.10 Å². The summed E-state index contributed by atoms with van der Waals surface area (Å²) in [6.45, 7) is 0.156. The summed E-state index contributed by atoms with van der Waals surface area (Å²) in [6, 6.07) is 5.29. The second-order valence-electron chi connectivity index (χ2n) is 5.88. The van der Waals surface area contributed by atoms with E-state index in [0.717, 1.165) is 24.8 Å². The molecule has 1 aliphatic rings. The van der Waals surface area contributed by atoms with Crippen LogP contribution in [0.2, 0.25) is 5.02 Å². The minimum Gasteiger partial charge on any atom is -0.495 e. The fourth-order valence-electron chi connectivity index (χ4n) is 3.10. The van der Waals surface area contributed by atoms with E-state index in [1.54, 1.807) is 25.3 Å². The standard InChI is InChI=1S/C17H21ClN4O2/c1-22-15-5-3-4-13(12(15)9-20-22)21-17(23)10-19-14-8-11(18)6-7-16(14)24-2/h6-9,13,19H,3-5,10H2,1-2H3,(H,21,23)/t13-/m1/s1. The summed E-state index contributed by atoms with van der Waals surface area (Å²) in [5.41, 5.74) is 3.03. The smallest absolute Gasteiger partial charge is 0.239 e. The van der Waals surface area contributed by atoms with Gasteiger partial charge in [0.25, 0.3) is 0 Å². The van der Waals surface area contributed by atoms with E-state index in [4.69, 9.17) is 16.3 Å². The van der Waals surface area contributed by atoms with Gasteiger partial charge in [0.15, 0.2) is 0 Å². The first-order valence-corrected chi connectivity index (χ1v) is 8.34. The second-order valence-corrected chi connectivity index (χ2v) is 6.32. The zero-order chi connectivity index (χ0) is 17.1. The number of nitrogens with zero attached hydrogens (tertiary/aromatic N) is 2. The number of fused-ring (bicyclic) bond motifs is 1. The van der Waals surface area contributed by atoms with Crippen LogP contribution in [0.25, 0.3) is 0 Å². The lowest BCUT2D eigenvalue weighted by Crippen LogP contribution is -2.35. The monoisotopic (exact) mass is 348 g/mol. The molecule has 6 nitrogen and oxygen atoms in total. The Morgan fingerprint density at radius 3 is 3.12 bits per heavy atom.